The van der Waals surface area contributed by atoms with Crippen LogP contribution in [0.2, 0.25) is 0 Å². The molecule has 0 amide bonds. The number of anilines is 1. The van der Waals surface area contributed by atoms with Crippen LogP contribution in [0.15, 0.2) is 12.4 Å². The average Bonchev–Trinajstić information content (AvgIpc) is 2.56. The minimum absolute atomic E-state index is 0.524. The summed E-state index contributed by atoms with van der Waals surface area (Å²) < 4.78 is 5.47. The number of hydrogen-bond acceptors (Lipinski definition) is 5. The zero-order valence-corrected chi connectivity index (χ0v) is 13.9. The smallest absolute Gasteiger partial charge is 0.225 e. The van der Waals surface area contributed by atoms with Crippen molar-refractivity contribution < 1.29 is 4.74 Å². The molecule has 5 nitrogen and oxygen atoms in total. The van der Waals surface area contributed by atoms with Crippen molar-refractivity contribution in [1.29, 1.82) is 0 Å². The third kappa shape index (κ3) is 3.96. The zero-order chi connectivity index (χ0) is 15.4. The molecule has 2 fully saturated rings. The lowest BCUT2D eigenvalue weighted by molar-refractivity contribution is 0.0483. The predicted octanol–water partition coefficient (Wildman–Crippen LogP) is 2.11. The van der Waals surface area contributed by atoms with Crippen LogP contribution >= 0.6 is 0 Å². The van der Waals surface area contributed by atoms with E-state index < -0.39 is 0 Å². The Morgan fingerprint density at radius 1 is 1.23 bits per heavy atom. The SMILES string of the molecule is Cc1cnc(N(C)C2CCCN(CC3CCOCC3)C2)nc1. The fourth-order valence-electron chi connectivity index (χ4n) is 3.54. The number of piperidine rings is 1. The highest BCUT2D eigenvalue weighted by Crippen LogP contribution is 2.22. The van der Waals surface area contributed by atoms with Gasteiger partial charge in [0, 0.05) is 51.8 Å². The van der Waals surface area contributed by atoms with Crippen molar-refractivity contribution in [2.75, 3.05) is 44.8 Å². The van der Waals surface area contributed by atoms with Gasteiger partial charge in [-0.25, -0.2) is 9.97 Å². The monoisotopic (exact) mass is 304 g/mol. The van der Waals surface area contributed by atoms with E-state index in [1.54, 1.807) is 0 Å². The number of ether oxygens (including phenoxy) is 1. The molecule has 1 aromatic rings. The summed E-state index contributed by atoms with van der Waals surface area (Å²) in [5, 5.41) is 0. The summed E-state index contributed by atoms with van der Waals surface area (Å²) >= 11 is 0. The van der Waals surface area contributed by atoms with Gasteiger partial charge in [-0.2, -0.15) is 0 Å². The van der Waals surface area contributed by atoms with E-state index in [0.717, 1.165) is 37.2 Å². The molecule has 0 radical (unpaired) electrons. The molecule has 0 spiro atoms. The molecule has 1 atom stereocenters. The van der Waals surface area contributed by atoms with Crippen LogP contribution < -0.4 is 4.90 Å². The second-order valence-corrected chi connectivity index (χ2v) is 6.78. The number of likely N-dealkylation sites (N-methyl/N-ethyl adjacent to an activating group) is 1. The molecule has 3 heterocycles. The Morgan fingerprint density at radius 2 is 1.95 bits per heavy atom. The van der Waals surface area contributed by atoms with Gasteiger partial charge in [-0.15, -0.1) is 0 Å². The van der Waals surface area contributed by atoms with Crippen LogP contribution in [-0.2, 0) is 4.74 Å². The van der Waals surface area contributed by atoms with Crippen LogP contribution in [-0.4, -0.2) is 60.8 Å². The largest absolute Gasteiger partial charge is 0.381 e. The van der Waals surface area contributed by atoms with Crippen LogP contribution in [0.25, 0.3) is 0 Å². The van der Waals surface area contributed by atoms with Crippen LogP contribution in [0.3, 0.4) is 0 Å². The van der Waals surface area contributed by atoms with Gasteiger partial charge in [0.2, 0.25) is 5.95 Å². The molecule has 5 heteroatoms. The Kier molecular flexibility index (Phi) is 5.26. The maximum Gasteiger partial charge on any atom is 0.225 e. The first-order valence-electron chi connectivity index (χ1n) is 8.54. The molecule has 0 saturated carbocycles. The molecular formula is C17H28N4O. The molecule has 1 unspecified atom stereocenters. The minimum Gasteiger partial charge on any atom is -0.381 e. The third-order valence-electron chi connectivity index (χ3n) is 4.97. The second kappa shape index (κ2) is 7.38. The van der Waals surface area contributed by atoms with E-state index in [1.165, 1.54) is 38.8 Å². The molecule has 2 aliphatic heterocycles. The summed E-state index contributed by atoms with van der Waals surface area (Å²) in [6, 6.07) is 0.524. The molecule has 0 N–H and O–H groups in total. The Hall–Kier alpha value is -1.20. The first kappa shape index (κ1) is 15.7. The van der Waals surface area contributed by atoms with E-state index in [1.807, 2.05) is 19.3 Å². The van der Waals surface area contributed by atoms with E-state index in [0.29, 0.717) is 6.04 Å². The van der Waals surface area contributed by atoms with Crippen LogP contribution in [0.1, 0.15) is 31.2 Å². The lowest BCUT2D eigenvalue weighted by Crippen LogP contribution is -2.48. The second-order valence-electron chi connectivity index (χ2n) is 6.78. The Morgan fingerprint density at radius 3 is 2.68 bits per heavy atom. The maximum atomic E-state index is 5.47. The van der Waals surface area contributed by atoms with Crippen molar-refractivity contribution in [3.8, 4) is 0 Å². The van der Waals surface area contributed by atoms with Crippen molar-refractivity contribution in [2.45, 2.75) is 38.6 Å². The third-order valence-corrected chi connectivity index (χ3v) is 4.97. The normalized spacial score (nSPS) is 24.4. The molecule has 0 aromatic carbocycles. The maximum absolute atomic E-state index is 5.47. The number of aryl methyl sites for hydroxylation is 1. The van der Waals surface area contributed by atoms with Gasteiger partial charge in [0.05, 0.1) is 0 Å². The van der Waals surface area contributed by atoms with Gasteiger partial charge in [-0.1, -0.05) is 0 Å². The van der Waals surface area contributed by atoms with Crippen molar-refractivity contribution in [1.82, 2.24) is 14.9 Å². The topological polar surface area (TPSA) is 41.5 Å². The average molecular weight is 304 g/mol. The quantitative estimate of drug-likeness (QED) is 0.852. The van der Waals surface area contributed by atoms with Gasteiger partial charge in [0.15, 0.2) is 0 Å². The highest BCUT2D eigenvalue weighted by atomic mass is 16.5. The van der Waals surface area contributed by atoms with Crippen LogP contribution in [0.4, 0.5) is 5.95 Å². The molecule has 0 aliphatic carbocycles. The number of likely N-dealkylation sites (tertiary alicyclic amines) is 1. The van der Waals surface area contributed by atoms with E-state index >= 15 is 0 Å². The van der Waals surface area contributed by atoms with Crippen LogP contribution in [0.5, 0.6) is 0 Å². The summed E-state index contributed by atoms with van der Waals surface area (Å²) in [5.74, 6) is 1.66. The fourth-order valence-corrected chi connectivity index (χ4v) is 3.54. The molecule has 0 bridgehead atoms. The Bertz CT molecular complexity index is 458. The molecule has 2 aliphatic rings. The highest BCUT2D eigenvalue weighted by Gasteiger charge is 2.26. The number of hydrogen-bond donors (Lipinski definition) is 0. The number of nitrogens with zero attached hydrogens (tertiary/aromatic N) is 4. The van der Waals surface area contributed by atoms with E-state index in [4.69, 9.17) is 4.74 Å². The van der Waals surface area contributed by atoms with Gasteiger partial charge in [0.1, 0.15) is 0 Å². The molecule has 122 valence electrons. The predicted molar refractivity (Wildman–Crippen MR) is 88.2 cm³/mol. The van der Waals surface area contributed by atoms with Gasteiger partial charge >= 0.3 is 0 Å². The summed E-state index contributed by atoms with van der Waals surface area (Å²) in [7, 11) is 2.13. The van der Waals surface area contributed by atoms with Crippen molar-refractivity contribution in [2.24, 2.45) is 5.92 Å². The summed E-state index contributed by atoms with van der Waals surface area (Å²) in [6.45, 7) is 7.50. The van der Waals surface area contributed by atoms with Gasteiger partial charge in [-0.3, -0.25) is 0 Å². The van der Waals surface area contributed by atoms with Crippen LogP contribution in [0, 0.1) is 12.8 Å². The molecular weight excluding hydrogens is 276 g/mol. The molecule has 3 rings (SSSR count). The van der Waals surface area contributed by atoms with Crippen molar-refractivity contribution >= 4 is 5.95 Å². The first-order chi connectivity index (χ1) is 10.7. The summed E-state index contributed by atoms with van der Waals surface area (Å²) in [6.07, 6.45) is 8.75. The Labute approximate surface area is 133 Å². The van der Waals surface area contributed by atoms with E-state index in [9.17, 15) is 0 Å². The highest BCUT2D eigenvalue weighted by molar-refractivity contribution is 5.30. The summed E-state index contributed by atoms with van der Waals surface area (Å²) in [5.41, 5.74) is 1.11. The lowest BCUT2D eigenvalue weighted by Gasteiger charge is -2.39. The minimum atomic E-state index is 0.524. The van der Waals surface area contributed by atoms with Crippen molar-refractivity contribution in [3.05, 3.63) is 18.0 Å². The first-order valence-corrected chi connectivity index (χ1v) is 8.54. The van der Waals surface area contributed by atoms with E-state index in [-0.39, 0.29) is 0 Å². The summed E-state index contributed by atoms with van der Waals surface area (Å²) in [4.78, 5) is 13.8. The Balaban J connectivity index is 1.56. The van der Waals surface area contributed by atoms with Gasteiger partial charge in [-0.05, 0) is 50.6 Å². The van der Waals surface area contributed by atoms with Crippen molar-refractivity contribution in [3.63, 3.8) is 0 Å². The molecule has 1 aromatic heterocycles. The van der Waals surface area contributed by atoms with E-state index in [2.05, 4.69) is 26.8 Å². The molecule has 22 heavy (non-hydrogen) atoms. The fraction of sp³-hybridized carbons (Fsp3) is 0.765. The molecule has 2 saturated heterocycles. The van der Waals surface area contributed by atoms with Gasteiger partial charge < -0.3 is 14.5 Å². The number of aromatic nitrogens is 2. The standard InChI is InChI=1S/C17H28N4O/c1-14-10-18-17(19-11-14)20(2)16-4-3-7-21(13-16)12-15-5-8-22-9-6-15/h10-11,15-16H,3-9,12-13H2,1-2H3. The van der Waals surface area contributed by atoms with Gasteiger partial charge in [0.25, 0.3) is 0 Å². The number of rotatable bonds is 4. The zero-order valence-electron chi connectivity index (χ0n) is 13.9. The lowest BCUT2D eigenvalue weighted by atomic mass is 9.97.